The highest BCUT2D eigenvalue weighted by Crippen LogP contribution is 2.23. The van der Waals surface area contributed by atoms with Gasteiger partial charge in [-0.05, 0) is 142 Å². The largest absolute Gasteiger partial charge is 0.480 e. The minimum absolute atomic E-state index is 0.0380. The second kappa shape index (κ2) is 43.4. The summed E-state index contributed by atoms with van der Waals surface area (Å²) in [4.78, 5) is 70.9. The summed E-state index contributed by atoms with van der Waals surface area (Å²) < 4.78 is 32.2. The first-order valence-corrected chi connectivity index (χ1v) is 34.0. The van der Waals surface area contributed by atoms with Crippen molar-refractivity contribution < 1.29 is 62.3 Å². The summed E-state index contributed by atoms with van der Waals surface area (Å²) >= 11 is 0. The Morgan fingerprint density at radius 2 is 0.626 bits per heavy atom. The molecule has 0 spiro atoms. The molecule has 0 fully saturated rings. The number of alkyl carbamates (subject to hydrolysis) is 3. The SMILES string of the molecule is CC(C)(C)OC(=O)N[C@H](CN)C(C)(C)C.CC(C)(C)OC(=O)N[C@H](CN)C(C)(C)C.CC(C)(C)OC(=O)N[C@H](CNC(=O)C(C)(C)NCOCc1ccccc1)C(C)(C)C.CC(C)(NCOCc1ccccc1)C(=O)NC[C@@H](N)C(C)(C)C.CC(C)(NCOCc1ccccc1)C(=O)O. The Morgan fingerprint density at radius 1 is 0.374 bits per heavy atom. The fraction of sp³-hybridized carbons (Fsp3) is 0.680. The first kappa shape index (κ1) is 94.6. The number of carbonyl (C=O) groups is 6. The summed E-state index contributed by atoms with van der Waals surface area (Å²) in [6.07, 6.45) is -1.32. The van der Waals surface area contributed by atoms with Crippen molar-refractivity contribution in [2.75, 3.05) is 46.4 Å². The molecule has 3 rings (SSSR count). The van der Waals surface area contributed by atoms with Gasteiger partial charge in [-0.15, -0.1) is 0 Å². The van der Waals surface area contributed by atoms with Crippen LogP contribution in [0, 0.1) is 21.7 Å². The number of amides is 5. The number of hydrogen-bond donors (Lipinski definition) is 12. The molecular weight excluding hydrogens is 1260 g/mol. The molecule has 0 unspecified atom stereocenters. The quantitative estimate of drug-likeness (QED) is 0.0192. The topological polar surface area (TPSA) is 352 Å². The summed E-state index contributed by atoms with van der Waals surface area (Å²) in [5, 5.41) is 32.1. The second-order valence-electron chi connectivity index (χ2n) is 33.2. The molecule has 0 heterocycles. The van der Waals surface area contributed by atoms with Crippen molar-refractivity contribution in [3.8, 4) is 0 Å². The van der Waals surface area contributed by atoms with Gasteiger partial charge >= 0.3 is 24.2 Å². The Balaban J connectivity index is 0. The van der Waals surface area contributed by atoms with E-state index in [4.69, 9.17) is 50.7 Å². The van der Waals surface area contributed by atoms with Gasteiger partial charge in [0, 0.05) is 44.3 Å². The number of rotatable bonds is 27. The number of hydrogen-bond acceptors (Lipinski definition) is 18. The summed E-state index contributed by atoms with van der Waals surface area (Å²) in [7, 11) is 0. The van der Waals surface area contributed by atoms with E-state index in [0.29, 0.717) is 46.2 Å². The maximum Gasteiger partial charge on any atom is 0.407 e. The minimum atomic E-state index is -0.962. The van der Waals surface area contributed by atoms with E-state index in [0.717, 1.165) is 16.7 Å². The number of carbonyl (C=O) groups excluding carboxylic acids is 5. The van der Waals surface area contributed by atoms with Crippen LogP contribution in [0.5, 0.6) is 0 Å². The van der Waals surface area contributed by atoms with Crippen LogP contribution in [0.3, 0.4) is 0 Å². The molecule has 24 heteroatoms. The Morgan fingerprint density at radius 3 is 0.859 bits per heavy atom. The molecule has 0 aliphatic carbocycles. The molecule has 0 radical (unpaired) electrons. The first-order valence-electron chi connectivity index (χ1n) is 34.0. The maximum atomic E-state index is 12.7. The van der Waals surface area contributed by atoms with Gasteiger partial charge in [0.25, 0.3) is 0 Å². The Bertz CT molecular complexity index is 2710. The summed E-state index contributed by atoms with van der Waals surface area (Å²) in [5.74, 6) is -1.15. The molecule has 5 amide bonds. The number of nitrogens with one attached hydrogen (secondary N) is 8. The Kier molecular flexibility index (Phi) is 41.4. The van der Waals surface area contributed by atoms with Gasteiger partial charge in [-0.2, -0.15) is 0 Å². The third-order valence-corrected chi connectivity index (χ3v) is 14.6. The summed E-state index contributed by atoms with van der Waals surface area (Å²) in [6.45, 7) is 55.0. The lowest BCUT2D eigenvalue weighted by Gasteiger charge is -2.34. The molecule has 99 heavy (non-hydrogen) atoms. The van der Waals surface area contributed by atoms with Gasteiger partial charge in [-0.3, -0.25) is 30.3 Å². The highest BCUT2D eigenvalue weighted by atomic mass is 16.6. The van der Waals surface area contributed by atoms with Crippen LogP contribution in [0.1, 0.15) is 204 Å². The van der Waals surface area contributed by atoms with Gasteiger partial charge in [0.2, 0.25) is 11.8 Å². The fourth-order valence-corrected chi connectivity index (χ4v) is 7.49. The molecule has 3 aromatic rings. The molecule has 0 saturated heterocycles. The van der Waals surface area contributed by atoms with Crippen LogP contribution >= 0.6 is 0 Å². The predicted molar refractivity (Wildman–Crippen MR) is 397 cm³/mol. The van der Waals surface area contributed by atoms with Crippen LogP contribution in [-0.2, 0) is 62.6 Å². The van der Waals surface area contributed by atoms with Gasteiger partial charge in [0.05, 0.1) is 57.1 Å². The Labute approximate surface area is 595 Å². The number of nitrogens with two attached hydrogens (primary N) is 3. The fourth-order valence-electron chi connectivity index (χ4n) is 7.49. The molecule has 3 aromatic carbocycles. The zero-order valence-corrected chi connectivity index (χ0v) is 65.6. The molecule has 0 saturated carbocycles. The van der Waals surface area contributed by atoms with E-state index in [1.54, 1.807) is 27.7 Å². The zero-order chi connectivity index (χ0) is 77.1. The predicted octanol–water partition coefficient (Wildman–Crippen LogP) is 11.0. The van der Waals surface area contributed by atoms with E-state index in [1.165, 1.54) is 0 Å². The lowest BCUT2D eigenvalue weighted by atomic mass is 9.86. The first-order chi connectivity index (χ1) is 45.0. The number of carboxylic acid groups (broad SMARTS) is 1. The van der Waals surface area contributed by atoms with Crippen LogP contribution in [0.4, 0.5) is 14.4 Å². The number of carboxylic acids is 1. The zero-order valence-electron chi connectivity index (χ0n) is 65.6. The average molecular weight is 1400 g/mol. The number of ether oxygens (including phenoxy) is 6. The van der Waals surface area contributed by atoms with E-state index < -0.39 is 57.7 Å². The van der Waals surface area contributed by atoms with Gasteiger partial charge in [-0.1, -0.05) is 174 Å². The molecule has 0 aliphatic rings. The van der Waals surface area contributed by atoms with Crippen molar-refractivity contribution in [3.05, 3.63) is 108 Å². The van der Waals surface area contributed by atoms with E-state index in [9.17, 15) is 28.8 Å². The highest BCUT2D eigenvalue weighted by molar-refractivity contribution is 5.86. The van der Waals surface area contributed by atoms with Crippen molar-refractivity contribution in [2.24, 2.45) is 38.9 Å². The van der Waals surface area contributed by atoms with Crippen LogP contribution in [0.15, 0.2) is 91.0 Å². The third-order valence-electron chi connectivity index (χ3n) is 14.6. The third kappa shape index (κ3) is 47.3. The molecule has 15 N–H and O–H groups in total. The molecular formula is C75H135N11O13. The van der Waals surface area contributed by atoms with Crippen molar-refractivity contribution in [2.45, 2.75) is 264 Å². The molecule has 24 nitrogen and oxygen atoms in total. The second-order valence-corrected chi connectivity index (χ2v) is 33.2. The minimum Gasteiger partial charge on any atom is -0.480 e. The van der Waals surface area contributed by atoms with Crippen molar-refractivity contribution in [3.63, 3.8) is 0 Å². The van der Waals surface area contributed by atoms with Crippen LogP contribution in [0.25, 0.3) is 0 Å². The maximum absolute atomic E-state index is 12.7. The number of aliphatic carboxylic acids is 1. The van der Waals surface area contributed by atoms with Gasteiger partial charge < -0.3 is 77.3 Å². The highest BCUT2D eigenvalue weighted by Gasteiger charge is 2.34. The monoisotopic (exact) mass is 1400 g/mol. The van der Waals surface area contributed by atoms with Crippen molar-refractivity contribution in [1.29, 1.82) is 0 Å². The summed E-state index contributed by atoms with van der Waals surface area (Å²) in [5.41, 5.74) is 16.1. The lowest BCUT2D eigenvalue weighted by molar-refractivity contribution is -0.144. The molecule has 0 bridgehead atoms. The van der Waals surface area contributed by atoms with Crippen molar-refractivity contribution in [1.82, 2.24) is 42.5 Å². The molecule has 4 atom stereocenters. The van der Waals surface area contributed by atoms with E-state index in [1.807, 2.05) is 229 Å². The molecule has 0 aliphatic heterocycles. The van der Waals surface area contributed by atoms with Gasteiger partial charge in [0.15, 0.2) is 0 Å². The van der Waals surface area contributed by atoms with Crippen LogP contribution in [0.2, 0.25) is 0 Å². The normalized spacial score (nSPS) is 13.5. The lowest BCUT2D eigenvalue weighted by Crippen LogP contribution is -2.57. The van der Waals surface area contributed by atoms with Gasteiger partial charge in [-0.25, -0.2) is 14.4 Å². The van der Waals surface area contributed by atoms with E-state index >= 15 is 0 Å². The van der Waals surface area contributed by atoms with Crippen LogP contribution < -0.4 is 59.7 Å². The molecule has 0 aromatic heterocycles. The van der Waals surface area contributed by atoms with Gasteiger partial charge in [0.1, 0.15) is 22.3 Å². The average Bonchev–Trinajstić information content (AvgIpc) is 0.878. The van der Waals surface area contributed by atoms with Crippen LogP contribution in [-0.4, -0.2) is 145 Å². The Hall–Kier alpha value is -6.48. The standard InChI is InChI=1S/C23H39N3O4.C18H31N3O2.C12H17NO3.2C11H24N2O2/c1-21(2,3)18(26-20(28)30-22(4,5)6)14-24-19(27)23(7,8)25-16-29-15-17-12-10-9-11-13-17;1-17(2,3)15(19)11-20-16(22)18(4,5)21-13-23-12-14-9-7-6-8-10-14;1-12(2,11(14)15)13-9-16-8-10-6-4-3-5-7-10;2*1-10(2,3)8(7-12)13-9(14)15-11(4,5)6/h9-13,18,25H,14-16H2,1-8H3,(H,24,27)(H,26,28);6-10,15,21H,11-13,19H2,1-5H3,(H,20,22);3-7,13H,8-9H2,1-2H3,(H,14,15);2*8H,7,12H2,1-6H3,(H,13,14)/t18-;15-;;2*8-/m11.11/s1. The van der Waals surface area contributed by atoms with E-state index in [2.05, 4.69) is 63.3 Å². The summed E-state index contributed by atoms with van der Waals surface area (Å²) in [6, 6.07) is 29.0. The number of benzene rings is 3. The molecule has 568 valence electrons. The smallest absolute Gasteiger partial charge is 0.407 e. The van der Waals surface area contributed by atoms with Crippen molar-refractivity contribution >= 4 is 36.1 Å². The van der Waals surface area contributed by atoms with E-state index in [-0.39, 0.29) is 77.6 Å².